The highest BCUT2D eigenvalue weighted by Gasteiger charge is 2.18. The monoisotopic (exact) mass is 295 g/mol. The molecule has 2 rings (SSSR count). The van der Waals surface area contributed by atoms with Gasteiger partial charge in [0.15, 0.2) is 0 Å². The minimum absolute atomic E-state index is 0.189. The second-order valence-corrected chi connectivity index (χ2v) is 6.56. The van der Waals surface area contributed by atoms with Gasteiger partial charge in [-0.05, 0) is 43.5 Å². The fourth-order valence-corrected chi connectivity index (χ4v) is 3.44. The van der Waals surface area contributed by atoms with E-state index in [2.05, 4.69) is 9.30 Å². The minimum atomic E-state index is -3.65. The van der Waals surface area contributed by atoms with Crippen molar-refractivity contribution < 1.29 is 8.42 Å². The van der Waals surface area contributed by atoms with Gasteiger partial charge in [0, 0.05) is 25.2 Å². The standard InChI is InChI=1S/C14H21N3O2S/c1-2-14(17-10-4-3-5-11-17)16-20(18,19)13-8-6-12(15)7-9-13/h6-9H,2-5,10-11,15H2,1H3. The Hall–Kier alpha value is -1.56. The molecule has 0 bridgehead atoms. The van der Waals surface area contributed by atoms with Crippen molar-refractivity contribution in [2.24, 2.45) is 4.40 Å². The quantitative estimate of drug-likeness (QED) is 0.527. The van der Waals surface area contributed by atoms with Crippen molar-refractivity contribution >= 4 is 21.5 Å². The van der Waals surface area contributed by atoms with E-state index in [9.17, 15) is 8.42 Å². The molecule has 0 aromatic heterocycles. The first-order chi connectivity index (χ1) is 9.53. The zero-order chi connectivity index (χ0) is 14.6. The molecule has 20 heavy (non-hydrogen) atoms. The van der Waals surface area contributed by atoms with Crippen molar-refractivity contribution in [1.82, 2.24) is 4.90 Å². The van der Waals surface area contributed by atoms with Crippen LogP contribution in [-0.4, -0.2) is 32.2 Å². The molecule has 0 radical (unpaired) electrons. The number of piperidine rings is 1. The van der Waals surface area contributed by atoms with Crippen molar-refractivity contribution in [2.75, 3.05) is 18.8 Å². The Bertz CT molecular complexity index is 573. The number of amidine groups is 1. The third-order valence-electron chi connectivity index (χ3n) is 3.44. The van der Waals surface area contributed by atoms with E-state index < -0.39 is 10.0 Å². The van der Waals surface area contributed by atoms with Gasteiger partial charge in [-0.1, -0.05) is 6.92 Å². The predicted molar refractivity (Wildman–Crippen MR) is 81.2 cm³/mol. The topological polar surface area (TPSA) is 75.8 Å². The number of rotatable bonds is 3. The molecule has 1 aromatic rings. The van der Waals surface area contributed by atoms with E-state index in [0.29, 0.717) is 17.9 Å². The first-order valence-corrected chi connectivity index (χ1v) is 8.41. The van der Waals surface area contributed by atoms with E-state index in [4.69, 9.17) is 5.73 Å². The Kier molecular flexibility index (Phi) is 4.65. The Balaban J connectivity index is 2.27. The number of nitrogens with zero attached hydrogens (tertiary/aromatic N) is 2. The molecule has 1 heterocycles. The Morgan fingerprint density at radius 1 is 1.20 bits per heavy atom. The van der Waals surface area contributed by atoms with Crippen LogP contribution >= 0.6 is 0 Å². The van der Waals surface area contributed by atoms with E-state index in [1.54, 1.807) is 12.1 Å². The van der Waals surface area contributed by atoms with E-state index >= 15 is 0 Å². The summed E-state index contributed by atoms with van der Waals surface area (Å²) in [4.78, 5) is 2.27. The van der Waals surface area contributed by atoms with Gasteiger partial charge in [0.05, 0.1) is 4.90 Å². The summed E-state index contributed by atoms with van der Waals surface area (Å²) in [5.41, 5.74) is 6.12. The molecular weight excluding hydrogens is 274 g/mol. The predicted octanol–water partition coefficient (Wildman–Crippen LogP) is 2.25. The Labute approximate surface area is 120 Å². The van der Waals surface area contributed by atoms with Gasteiger partial charge in [-0.2, -0.15) is 8.42 Å². The molecule has 0 amide bonds. The van der Waals surface area contributed by atoms with E-state index in [1.807, 2.05) is 6.92 Å². The lowest BCUT2D eigenvalue weighted by Crippen LogP contribution is -2.35. The van der Waals surface area contributed by atoms with Crippen LogP contribution in [-0.2, 0) is 10.0 Å². The summed E-state index contributed by atoms with van der Waals surface area (Å²) in [6, 6.07) is 6.15. The number of likely N-dealkylation sites (tertiary alicyclic amines) is 1. The molecule has 1 aliphatic rings. The van der Waals surface area contributed by atoms with Crippen LogP contribution in [0.2, 0.25) is 0 Å². The summed E-state index contributed by atoms with van der Waals surface area (Å²) < 4.78 is 28.6. The maximum Gasteiger partial charge on any atom is 0.283 e. The van der Waals surface area contributed by atoms with Gasteiger partial charge in [-0.15, -0.1) is 4.40 Å². The molecule has 0 aliphatic carbocycles. The van der Waals surface area contributed by atoms with Crippen LogP contribution in [0.3, 0.4) is 0 Å². The van der Waals surface area contributed by atoms with Crippen LogP contribution in [0, 0.1) is 0 Å². The highest BCUT2D eigenvalue weighted by atomic mass is 32.2. The molecule has 1 aromatic carbocycles. The van der Waals surface area contributed by atoms with Crippen molar-refractivity contribution in [3.63, 3.8) is 0 Å². The van der Waals surface area contributed by atoms with Crippen LogP contribution in [0.15, 0.2) is 33.6 Å². The normalized spacial score (nSPS) is 17.2. The zero-order valence-corrected chi connectivity index (χ0v) is 12.6. The van der Waals surface area contributed by atoms with Gasteiger partial charge in [0.2, 0.25) is 0 Å². The average molecular weight is 295 g/mol. The van der Waals surface area contributed by atoms with Gasteiger partial charge in [0.1, 0.15) is 5.84 Å². The summed E-state index contributed by atoms with van der Waals surface area (Å²) >= 11 is 0. The molecule has 5 nitrogen and oxygen atoms in total. The maximum absolute atomic E-state index is 12.3. The zero-order valence-electron chi connectivity index (χ0n) is 11.7. The fraction of sp³-hybridized carbons (Fsp3) is 0.500. The van der Waals surface area contributed by atoms with Gasteiger partial charge in [0.25, 0.3) is 10.0 Å². The van der Waals surface area contributed by atoms with Crippen LogP contribution in [0.1, 0.15) is 32.6 Å². The fourth-order valence-electron chi connectivity index (χ4n) is 2.33. The number of benzene rings is 1. The molecule has 0 saturated carbocycles. The van der Waals surface area contributed by atoms with Gasteiger partial charge < -0.3 is 10.6 Å². The average Bonchev–Trinajstić information content (AvgIpc) is 2.46. The van der Waals surface area contributed by atoms with Crippen LogP contribution < -0.4 is 5.73 Å². The van der Waals surface area contributed by atoms with E-state index in [1.165, 1.54) is 18.6 Å². The summed E-state index contributed by atoms with van der Waals surface area (Å²) in [5.74, 6) is 0.654. The SMILES string of the molecule is CCC(=NS(=O)(=O)c1ccc(N)cc1)N1CCCCC1. The highest BCUT2D eigenvalue weighted by Crippen LogP contribution is 2.17. The summed E-state index contributed by atoms with van der Waals surface area (Å²) in [7, 11) is -3.65. The molecule has 0 atom stereocenters. The molecule has 110 valence electrons. The lowest BCUT2D eigenvalue weighted by atomic mass is 10.1. The molecule has 1 saturated heterocycles. The van der Waals surface area contributed by atoms with Crippen molar-refractivity contribution in [2.45, 2.75) is 37.5 Å². The molecule has 2 N–H and O–H groups in total. The second kappa shape index (κ2) is 6.26. The largest absolute Gasteiger partial charge is 0.399 e. The van der Waals surface area contributed by atoms with Gasteiger partial charge in [-0.25, -0.2) is 0 Å². The number of hydrogen-bond acceptors (Lipinski definition) is 3. The Morgan fingerprint density at radius 3 is 2.35 bits per heavy atom. The van der Waals surface area contributed by atoms with E-state index in [0.717, 1.165) is 25.9 Å². The summed E-state index contributed by atoms with van der Waals surface area (Å²) in [5, 5.41) is 0. The molecule has 0 spiro atoms. The molecule has 6 heteroatoms. The van der Waals surface area contributed by atoms with Crippen LogP contribution in [0.5, 0.6) is 0 Å². The highest BCUT2D eigenvalue weighted by molar-refractivity contribution is 7.90. The lowest BCUT2D eigenvalue weighted by molar-refractivity contribution is 0.338. The third kappa shape index (κ3) is 3.50. The Morgan fingerprint density at radius 2 is 1.80 bits per heavy atom. The number of nitrogens with two attached hydrogens (primary N) is 1. The van der Waals surface area contributed by atoms with Crippen molar-refractivity contribution in [3.8, 4) is 0 Å². The lowest BCUT2D eigenvalue weighted by Gasteiger charge is -2.29. The maximum atomic E-state index is 12.3. The third-order valence-corrected chi connectivity index (χ3v) is 4.76. The summed E-state index contributed by atoms with van der Waals surface area (Å²) in [6.45, 7) is 3.72. The van der Waals surface area contributed by atoms with Crippen LogP contribution in [0.25, 0.3) is 0 Å². The second-order valence-electron chi connectivity index (χ2n) is 4.95. The molecule has 1 fully saturated rings. The van der Waals surface area contributed by atoms with Crippen molar-refractivity contribution in [1.29, 1.82) is 0 Å². The number of sulfonamides is 1. The van der Waals surface area contributed by atoms with E-state index in [-0.39, 0.29) is 4.90 Å². The molecule has 0 unspecified atom stereocenters. The number of anilines is 1. The van der Waals surface area contributed by atoms with Crippen molar-refractivity contribution in [3.05, 3.63) is 24.3 Å². The minimum Gasteiger partial charge on any atom is -0.399 e. The van der Waals surface area contributed by atoms with Gasteiger partial charge >= 0.3 is 0 Å². The van der Waals surface area contributed by atoms with Gasteiger partial charge in [-0.3, -0.25) is 0 Å². The molecular formula is C14H21N3O2S. The first-order valence-electron chi connectivity index (χ1n) is 6.97. The molecule has 1 aliphatic heterocycles. The smallest absolute Gasteiger partial charge is 0.283 e. The first kappa shape index (κ1) is 14.8. The number of nitrogen functional groups attached to an aromatic ring is 1. The summed E-state index contributed by atoms with van der Waals surface area (Å²) in [6.07, 6.45) is 4.02. The van der Waals surface area contributed by atoms with Crippen LogP contribution in [0.4, 0.5) is 5.69 Å². The number of hydrogen-bond donors (Lipinski definition) is 1.